The largest absolute Gasteiger partial charge is 0.473 e. The summed E-state index contributed by atoms with van der Waals surface area (Å²) in [6.45, 7) is 0. The van der Waals surface area contributed by atoms with Crippen molar-refractivity contribution in [3.63, 3.8) is 0 Å². The summed E-state index contributed by atoms with van der Waals surface area (Å²) in [5, 5.41) is 19.6. The van der Waals surface area contributed by atoms with Crippen LogP contribution in [0, 0.1) is 15.5 Å². The van der Waals surface area contributed by atoms with Gasteiger partial charge in [-0.2, -0.15) is 0 Å². The molecule has 6 heteroatoms. The van der Waals surface area contributed by atoms with Crippen molar-refractivity contribution in [2.45, 2.75) is 0 Å². The lowest BCUT2D eigenvalue weighted by Gasteiger charge is -1.74. The Morgan fingerprint density at radius 1 is 1.80 bits per heavy atom. The summed E-state index contributed by atoms with van der Waals surface area (Å²) >= 11 is 0.929. The molecule has 1 rings (SSSR count). The molecular weight excluding hydrogens is 154 g/mol. The first-order valence-corrected chi connectivity index (χ1v) is 3.20. The van der Waals surface area contributed by atoms with Crippen LogP contribution in [0.15, 0.2) is 11.4 Å². The molecule has 0 aliphatic heterocycles. The van der Waals surface area contributed by atoms with Gasteiger partial charge in [0.1, 0.15) is 0 Å². The molecule has 0 atom stereocenters. The van der Waals surface area contributed by atoms with Gasteiger partial charge in [0, 0.05) is 5.38 Å². The highest BCUT2D eigenvalue weighted by Crippen LogP contribution is 2.32. The van der Waals surface area contributed by atoms with Gasteiger partial charge in [0.25, 0.3) is 0 Å². The van der Waals surface area contributed by atoms with Gasteiger partial charge in [-0.1, -0.05) is 11.3 Å². The third-order valence-corrected chi connectivity index (χ3v) is 1.75. The molecule has 1 heterocycles. The Labute approximate surface area is 59.7 Å². The number of rotatable bonds is 1. The zero-order chi connectivity index (χ0) is 7.56. The van der Waals surface area contributed by atoms with Crippen LogP contribution in [0.5, 0.6) is 0 Å². The minimum Gasteiger partial charge on any atom is -0.257 e. The quantitative estimate of drug-likeness (QED) is 0.355. The first kappa shape index (κ1) is 6.64. The molecule has 0 saturated heterocycles. The first-order valence-electron chi connectivity index (χ1n) is 2.32. The maximum absolute atomic E-state index is 10.1. The topological polar surface area (TPSA) is 71.3 Å². The van der Waals surface area contributed by atoms with Crippen LogP contribution in [0.3, 0.4) is 0 Å². The summed E-state index contributed by atoms with van der Waals surface area (Å²) in [6, 6.07) is 1.38. The Hall–Kier alpha value is -1.48. The summed E-state index contributed by atoms with van der Waals surface area (Å²) in [4.78, 5) is 12.2. The Balaban J connectivity index is 3.17. The Morgan fingerprint density at radius 3 is 2.90 bits per heavy atom. The molecule has 0 unspecified atom stereocenters. The van der Waals surface area contributed by atoms with Crippen LogP contribution in [-0.2, 0) is 0 Å². The van der Waals surface area contributed by atoms with E-state index in [2.05, 4.69) is 4.98 Å². The maximum Gasteiger partial charge on any atom is 0.473 e. The van der Waals surface area contributed by atoms with Gasteiger partial charge in [-0.25, -0.2) is 0 Å². The van der Waals surface area contributed by atoms with Crippen LogP contribution >= 0.6 is 11.3 Å². The van der Waals surface area contributed by atoms with Crippen molar-refractivity contribution >= 4 is 22.0 Å². The smallest absolute Gasteiger partial charge is 0.257 e. The molecule has 0 spiro atoms. The number of nitro groups is 1. The van der Waals surface area contributed by atoms with E-state index in [0.717, 1.165) is 11.3 Å². The van der Waals surface area contributed by atoms with E-state index in [1.807, 2.05) is 0 Å². The number of hydrogen-bond donors (Lipinski definition) is 0. The molecule has 0 saturated carbocycles. The van der Waals surface area contributed by atoms with Gasteiger partial charge in [0.15, 0.2) is 4.98 Å². The molecular formula is C4H2N3O2S+. The predicted molar refractivity (Wildman–Crippen MR) is 35.7 cm³/mol. The van der Waals surface area contributed by atoms with Crippen molar-refractivity contribution in [1.29, 1.82) is 5.39 Å². The Morgan fingerprint density at radius 2 is 2.50 bits per heavy atom. The predicted octanol–water partition coefficient (Wildman–Crippen LogP) is 2.14. The SMILES string of the molecule is N#[N+]c1ccsc1[N+](=O)[O-]. The number of diazo groups is 1. The summed E-state index contributed by atoms with van der Waals surface area (Å²) in [5.74, 6) is 0. The van der Waals surface area contributed by atoms with Crippen molar-refractivity contribution in [3.05, 3.63) is 26.5 Å². The highest BCUT2D eigenvalue weighted by atomic mass is 32.1. The van der Waals surface area contributed by atoms with Crippen molar-refractivity contribution in [3.8, 4) is 0 Å². The second-order valence-electron chi connectivity index (χ2n) is 1.47. The van der Waals surface area contributed by atoms with E-state index in [1.54, 1.807) is 0 Å². The van der Waals surface area contributed by atoms with E-state index in [0.29, 0.717) is 0 Å². The highest BCUT2D eigenvalue weighted by Gasteiger charge is 2.25. The second-order valence-corrected chi connectivity index (χ2v) is 2.36. The van der Waals surface area contributed by atoms with E-state index in [9.17, 15) is 10.1 Å². The minimum atomic E-state index is -0.584. The van der Waals surface area contributed by atoms with Crippen LogP contribution in [0.4, 0.5) is 10.7 Å². The normalized spacial score (nSPS) is 8.70. The number of nitrogens with zero attached hydrogens (tertiary/aromatic N) is 3. The zero-order valence-electron chi connectivity index (χ0n) is 4.72. The molecule has 0 aromatic carbocycles. The van der Waals surface area contributed by atoms with Crippen LogP contribution in [-0.4, -0.2) is 4.92 Å². The van der Waals surface area contributed by atoms with Gasteiger partial charge >= 0.3 is 10.7 Å². The van der Waals surface area contributed by atoms with Gasteiger partial charge in [0.05, 0.1) is 11.0 Å². The van der Waals surface area contributed by atoms with Gasteiger partial charge in [-0.3, -0.25) is 10.1 Å². The maximum atomic E-state index is 10.1. The van der Waals surface area contributed by atoms with Gasteiger partial charge in [0.2, 0.25) is 5.39 Å². The van der Waals surface area contributed by atoms with E-state index >= 15 is 0 Å². The van der Waals surface area contributed by atoms with Crippen molar-refractivity contribution in [1.82, 2.24) is 0 Å². The van der Waals surface area contributed by atoms with E-state index in [4.69, 9.17) is 5.39 Å². The fourth-order valence-electron chi connectivity index (χ4n) is 0.507. The van der Waals surface area contributed by atoms with Crippen molar-refractivity contribution < 1.29 is 4.92 Å². The van der Waals surface area contributed by atoms with Gasteiger partial charge in [-0.15, -0.1) is 0 Å². The van der Waals surface area contributed by atoms with E-state index < -0.39 is 4.92 Å². The third-order valence-electron chi connectivity index (χ3n) is 0.898. The highest BCUT2D eigenvalue weighted by molar-refractivity contribution is 7.14. The molecule has 50 valence electrons. The third kappa shape index (κ3) is 0.942. The average molecular weight is 156 g/mol. The van der Waals surface area contributed by atoms with Crippen LogP contribution in [0.25, 0.3) is 4.98 Å². The standard InChI is InChI=1S/C4H2N3O2S/c5-6-3-1-2-10-4(3)7(8)9/h1-2H/q+1. The lowest BCUT2D eigenvalue weighted by molar-refractivity contribution is -0.379. The molecule has 0 aliphatic rings. The summed E-state index contributed by atoms with van der Waals surface area (Å²) in [5.41, 5.74) is 0.00926. The fourth-order valence-corrected chi connectivity index (χ4v) is 1.15. The molecule has 0 aliphatic carbocycles. The van der Waals surface area contributed by atoms with Crippen LogP contribution in [0.1, 0.15) is 0 Å². The fraction of sp³-hybridized carbons (Fsp3) is 0. The molecule has 0 bridgehead atoms. The molecule has 1 aromatic heterocycles. The van der Waals surface area contributed by atoms with Crippen molar-refractivity contribution in [2.24, 2.45) is 0 Å². The monoisotopic (exact) mass is 156 g/mol. The van der Waals surface area contributed by atoms with E-state index in [-0.39, 0.29) is 10.7 Å². The zero-order valence-corrected chi connectivity index (χ0v) is 5.54. The molecule has 0 radical (unpaired) electrons. The molecule has 0 amide bonds. The summed E-state index contributed by atoms with van der Waals surface area (Å²) < 4.78 is 0. The Bertz CT molecular complexity index is 300. The molecule has 10 heavy (non-hydrogen) atoms. The van der Waals surface area contributed by atoms with Crippen LogP contribution < -0.4 is 0 Å². The lowest BCUT2D eigenvalue weighted by Crippen LogP contribution is -1.81. The first-order chi connectivity index (χ1) is 4.75. The van der Waals surface area contributed by atoms with E-state index in [1.165, 1.54) is 11.4 Å². The average Bonchev–Trinajstić information content (AvgIpc) is 2.33. The lowest BCUT2D eigenvalue weighted by atomic mass is 10.5. The summed E-state index contributed by atoms with van der Waals surface area (Å²) in [6.07, 6.45) is 0. The minimum absolute atomic E-state index is 0.00926. The van der Waals surface area contributed by atoms with Gasteiger partial charge < -0.3 is 0 Å². The van der Waals surface area contributed by atoms with Crippen molar-refractivity contribution in [2.75, 3.05) is 0 Å². The molecule has 1 aromatic rings. The molecule has 0 fully saturated rings. The second kappa shape index (κ2) is 2.41. The Kier molecular flexibility index (Phi) is 1.60. The number of hydrogen-bond acceptors (Lipinski definition) is 4. The van der Waals surface area contributed by atoms with Gasteiger partial charge in [-0.05, 0) is 0 Å². The molecule has 5 nitrogen and oxygen atoms in total. The number of thiophene rings is 1. The summed E-state index contributed by atoms with van der Waals surface area (Å²) in [7, 11) is 0. The molecule has 0 N–H and O–H groups in total. The van der Waals surface area contributed by atoms with Crippen LogP contribution in [0.2, 0.25) is 0 Å².